The van der Waals surface area contributed by atoms with Crippen molar-refractivity contribution in [3.63, 3.8) is 0 Å². The van der Waals surface area contributed by atoms with Gasteiger partial charge in [-0.3, -0.25) is 9.59 Å². The summed E-state index contributed by atoms with van der Waals surface area (Å²) in [7, 11) is 1.48. The fraction of sp³-hybridized carbons (Fsp3) is 0.818. The van der Waals surface area contributed by atoms with Crippen molar-refractivity contribution in [1.82, 2.24) is 5.32 Å². The minimum atomic E-state index is -0.860. The zero-order valence-electron chi connectivity index (χ0n) is 9.95. The number of aliphatic carboxylic acids is 1. The van der Waals surface area contributed by atoms with E-state index in [0.29, 0.717) is 12.8 Å². The van der Waals surface area contributed by atoms with Gasteiger partial charge in [0.25, 0.3) is 5.91 Å². The lowest BCUT2D eigenvalue weighted by atomic mass is 10.1. The molecule has 0 saturated heterocycles. The van der Waals surface area contributed by atoms with Gasteiger partial charge in [-0.15, -0.1) is 0 Å². The van der Waals surface area contributed by atoms with Gasteiger partial charge in [-0.1, -0.05) is 0 Å². The molecule has 2 N–H and O–H groups in total. The van der Waals surface area contributed by atoms with Crippen LogP contribution in [-0.4, -0.2) is 35.7 Å². The molecule has 1 saturated carbocycles. The van der Waals surface area contributed by atoms with Crippen LogP contribution in [-0.2, 0) is 14.3 Å². The molecule has 0 unspecified atom stereocenters. The highest BCUT2D eigenvalue weighted by atomic mass is 16.5. The van der Waals surface area contributed by atoms with Crippen LogP contribution in [0.25, 0.3) is 0 Å². The van der Waals surface area contributed by atoms with Gasteiger partial charge in [0, 0.05) is 13.2 Å². The van der Waals surface area contributed by atoms with Crippen molar-refractivity contribution in [3.8, 4) is 0 Å². The van der Waals surface area contributed by atoms with Gasteiger partial charge in [0.05, 0.1) is 5.92 Å². The largest absolute Gasteiger partial charge is 0.481 e. The number of hydrogen-bond acceptors (Lipinski definition) is 3. The molecule has 0 aliphatic heterocycles. The van der Waals surface area contributed by atoms with Gasteiger partial charge in [-0.25, -0.2) is 0 Å². The van der Waals surface area contributed by atoms with E-state index in [4.69, 9.17) is 9.84 Å². The third-order valence-electron chi connectivity index (χ3n) is 3.17. The second-order valence-electron chi connectivity index (χ2n) is 4.73. The number of rotatable bonds is 4. The van der Waals surface area contributed by atoms with E-state index in [0.717, 1.165) is 6.42 Å². The summed E-state index contributed by atoms with van der Waals surface area (Å²) in [6, 6.07) is -0.0389. The first-order valence-electron chi connectivity index (χ1n) is 5.45. The minimum Gasteiger partial charge on any atom is -0.481 e. The Morgan fingerprint density at radius 2 is 2.00 bits per heavy atom. The number of methoxy groups -OCH3 is 1. The predicted octanol–water partition coefficient (Wildman–Crippen LogP) is 0.781. The molecule has 5 nitrogen and oxygen atoms in total. The third kappa shape index (κ3) is 2.95. The van der Waals surface area contributed by atoms with Gasteiger partial charge in [0.1, 0.15) is 5.60 Å². The number of amides is 1. The van der Waals surface area contributed by atoms with Crippen LogP contribution in [0, 0.1) is 5.92 Å². The van der Waals surface area contributed by atoms with Crippen molar-refractivity contribution >= 4 is 11.9 Å². The molecule has 1 fully saturated rings. The van der Waals surface area contributed by atoms with Crippen LogP contribution >= 0.6 is 0 Å². The lowest BCUT2D eigenvalue weighted by molar-refractivity contribution is -0.142. The minimum absolute atomic E-state index is 0.0389. The Morgan fingerprint density at radius 1 is 1.38 bits per heavy atom. The van der Waals surface area contributed by atoms with Gasteiger partial charge in [-0.2, -0.15) is 0 Å². The molecular formula is C11H19NO4. The summed E-state index contributed by atoms with van der Waals surface area (Å²) in [6.07, 6.45) is 1.87. The molecule has 0 aromatic heterocycles. The molecule has 0 spiro atoms. The van der Waals surface area contributed by atoms with Gasteiger partial charge in [0.15, 0.2) is 0 Å². The molecule has 1 rings (SSSR count). The van der Waals surface area contributed by atoms with E-state index < -0.39 is 11.6 Å². The van der Waals surface area contributed by atoms with E-state index in [-0.39, 0.29) is 17.9 Å². The number of carboxylic acids is 1. The highest BCUT2D eigenvalue weighted by Gasteiger charge is 2.34. The molecule has 5 heteroatoms. The fourth-order valence-corrected chi connectivity index (χ4v) is 1.79. The second-order valence-corrected chi connectivity index (χ2v) is 4.73. The van der Waals surface area contributed by atoms with Crippen molar-refractivity contribution < 1.29 is 19.4 Å². The molecule has 16 heavy (non-hydrogen) atoms. The SMILES string of the molecule is COC(C)(C)C(=O)N[C@@H]1CC[C@H](C(=O)O)C1. The third-order valence-corrected chi connectivity index (χ3v) is 3.17. The average molecular weight is 229 g/mol. The molecule has 0 radical (unpaired) electrons. The molecule has 0 aromatic rings. The monoisotopic (exact) mass is 229 g/mol. The molecule has 0 aromatic carbocycles. The molecule has 92 valence electrons. The Morgan fingerprint density at radius 3 is 2.44 bits per heavy atom. The highest BCUT2D eigenvalue weighted by molar-refractivity contribution is 5.84. The fourth-order valence-electron chi connectivity index (χ4n) is 1.79. The topological polar surface area (TPSA) is 75.6 Å². The normalized spacial score (nSPS) is 25.4. The maximum absolute atomic E-state index is 11.7. The molecule has 1 aliphatic rings. The van der Waals surface area contributed by atoms with Crippen LogP contribution < -0.4 is 5.32 Å². The summed E-state index contributed by atoms with van der Waals surface area (Å²) in [6.45, 7) is 3.37. The zero-order valence-corrected chi connectivity index (χ0v) is 9.95. The number of ether oxygens (including phenoxy) is 1. The van der Waals surface area contributed by atoms with Crippen LogP contribution in [0.3, 0.4) is 0 Å². The van der Waals surface area contributed by atoms with Gasteiger partial charge >= 0.3 is 5.97 Å². The Balaban J connectivity index is 2.46. The first-order valence-corrected chi connectivity index (χ1v) is 5.45. The molecular weight excluding hydrogens is 210 g/mol. The summed E-state index contributed by atoms with van der Waals surface area (Å²) < 4.78 is 5.06. The number of nitrogens with one attached hydrogen (secondary N) is 1. The van der Waals surface area contributed by atoms with Crippen LogP contribution in [0.4, 0.5) is 0 Å². The second kappa shape index (κ2) is 4.82. The summed E-state index contributed by atoms with van der Waals surface area (Å²) in [5.74, 6) is -1.29. The van der Waals surface area contributed by atoms with E-state index in [1.807, 2.05) is 0 Å². The van der Waals surface area contributed by atoms with E-state index in [2.05, 4.69) is 5.32 Å². The smallest absolute Gasteiger partial charge is 0.306 e. The van der Waals surface area contributed by atoms with E-state index >= 15 is 0 Å². The molecule has 1 amide bonds. The molecule has 0 heterocycles. The van der Waals surface area contributed by atoms with Gasteiger partial charge in [0.2, 0.25) is 0 Å². The Labute approximate surface area is 95.2 Å². The lowest BCUT2D eigenvalue weighted by Gasteiger charge is -2.24. The summed E-state index contributed by atoms with van der Waals surface area (Å²) in [5, 5.41) is 11.7. The number of carbonyl (C=O) groups excluding carboxylic acids is 1. The van der Waals surface area contributed by atoms with Crippen molar-refractivity contribution in [2.24, 2.45) is 5.92 Å². The predicted molar refractivity (Wildman–Crippen MR) is 58.0 cm³/mol. The Hall–Kier alpha value is -1.10. The van der Waals surface area contributed by atoms with Gasteiger partial charge in [-0.05, 0) is 33.1 Å². The van der Waals surface area contributed by atoms with Crippen molar-refractivity contribution in [2.45, 2.75) is 44.8 Å². The highest BCUT2D eigenvalue weighted by Crippen LogP contribution is 2.26. The maximum Gasteiger partial charge on any atom is 0.306 e. The molecule has 0 bridgehead atoms. The van der Waals surface area contributed by atoms with Crippen LogP contribution in [0.1, 0.15) is 33.1 Å². The van der Waals surface area contributed by atoms with Crippen LogP contribution in [0.5, 0.6) is 0 Å². The van der Waals surface area contributed by atoms with Gasteiger partial charge < -0.3 is 15.2 Å². The lowest BCUT2D eigenvalue weighted by Crippen LogP contribution is -2.47. The van der Waals surface area contributed by atoms with Crippen molar-refractivity contribution in [1.29, 1.82) is 0 Å². The quantitative estimate of drug-likeness (QED) is 0.747. The van der Waals surface area contributed by atoms with Crippen LogP contribution in [0.2, 0.25) is 0 Å². The number of hydrogen-bond donors (Lipinski definition) is 2. The molecule has 2 atom stereocenters. The first-order chi connectivity index (χ1) is 7.36. The average Bonchev–Trinajstić information content (AvgIpc) is 2.66. The van der Waals surface area contributed by atoms with Crippen LogP contribution in [0.15, 0.2) is 0 Å². The zero-order chi connectivity index (χ0) is 12.3. The maximum atomic E-state index is 11.7. The number of carboxylic acid groups (broad SMARTS) is 1. The Kier molecular flexibility index (Phi) is 3.91. The van der Waals surface area contributed by atoms with E-state index in [1.165, 1.54) is 7.11 Å². The standard InChI is InChI=1S/C11H19NO4/c1-11(2,16-3)10(15)12-8-5-4-7(6-8)9(13)14/h7-8H,4-6H2,1-3H3,(H,12,15)(H,13,14)/t7-,8+/m0/s1. The Bertz CT molecular complexity index is 288. The summed E-state index contributed by atoms with van der Waals surface area (Å²) in [4.78, 5) is 22.5. The van der Waals surface area contributed by atoms with E-state index in [1.54, 1.807) is 13.8 Å². The summed E-state index contributed by atoms with van der Waals surface area (Å²) >= 11 is 0. The molecule has 1 aliphatic carbocycles. The van der Waals surface area contributed by atoms with E-state index in [9.17, 15) is 9.59 Å². The number of carbonyl (C=O) groups is 2. The van der Waals surface area contributed by atoms with Crippen molar-refractivity contribution in [3.05, 3.63) is 0 Å². The summed E-state index contributed by atoms with van der Waals surface area (Å²) in [5.41, 5.74) is -0.860. The first kappa shape index (κ1) is 13.0. The van der Waals surface area contributed by atoms with Crippen molar-refractivity contribution in [2.75, 3.05) is 7.11 Å².